The highest BCUT2D eigenvalue weighted by molar-refractivity contribution is 9.10. The molecule has 1 atom stereocenters. The first-order chi connectivity index (χ1) is 15.0. The number of hydrogen-bond acceptors (Lipinski definition) is 6. The Bertz CT molecular complexity index is 1520. The molecule has 5 aromatic heterocycles. The number of fused-ring (bicyclic) bond motifs is 5. The molecule has 5 rings (SSSR count). The standard InChI is InChI=1S/C20H17BrF3N7S/c1-8-5-12(20(22,23)24)26-19-13(8)15-16(32-19)18-27-17(29-31(18)7-25-15)9(2)6-30-11(4)14(21)10(3)28-30/h5,7,9H,6H2,1-4H3. The molecule has 0 amide bonds. The molecule has 0 radical (unpaired) electrons. The van der Waals surface area contributed by atoms with Gasteiger partial charge in [0.25, 0.3) is 0 Å². The van der Waals surface area contributed by atoms with Crippen molar-refractivity contribution in [1.82, 2.24) is 34.3 Å². The van der Waals surface area contributed by atoms with E-state index in [0.717, 1.165) is 33.3 Å². The zero-order valence-electron chi connectivity index (χ0n) is 17.5. The summed E-state index contributed by atoms with van der Waals surface area (Å²) in [5.74, 6) is 0.571. The molecule has 0 aliphatic rings. The van der Waals surface area contributed by atoms with Crippen LogP contribution in [0.15, 0.2) is 16.9 Å². The molecule has 5 aromatic rings. The van der Waals surface area contributed by atoms with E-state index in [4.69, 9.17) is 4.98 Å². The molecule has 12 heteroatoms. The third-order valence-corrected chi connectivity index (χ3v) is 7.67. The molecule has 32 heavy (non-hydrogen) atoms. The fourth-order valence-corrected chi connectivity index (χ4v) is 5.24. The summed E-state index contributed by atoms with van der Waals surface area (Å²) in [5, 5.41) is 9.72. The maximum atomic E-state index is 13.2. The van der Waals surface area contributed by atoms with E-state index < -0.39 is 11.9 Å². The lowest BCUT2D eigenvalue weighted by Gasteiger charge is -2.09. The van der Waals surface area contributed by atoms with Gasteiger partial charge in [0.2, 0.25) is 0 Å². The van der Waals surface area contributed by atoms with Crippen LogP contribution in [0, 0.1) is 20.8 Å². The van der Waals surface area contributed by atoms with Crippen molar-refractivity contribution in [2.45, 2.75) is 46.3 Å². The number of aromatic nitrogens is 7. The Labute approximate surface area is 192 Å². The lowest BCUT2D eigenvalue weighted by molar-refractivity contribution is -0.141. The van der Waals surface area contributed by atoms with Gasteiger partial charge in [0.05, 0.1) is 22.2 Å². The normalized spacial score (nSPS) is 13.6. The van der Waals surface area contributed by atoms with E-state index in [0.29, 0.717) is 39.2 Å². The number of thiophene rings is 1. The van der Waals surface area contributed by atoms with Crippen molar-refractivity contribution in [3.8, 4) is 0 Å². The minimum absolute atomic E-state index is 0.0408. The quantitative estimate of drug-likeness (QED) is 0.308. The Morgan fingerprint density at radius 1 is 1.16 bits per heavy atom. The zero-order valence-corrected chi connectivity index (χ0v) is 19.9. The van der Waals surface area contributed by atoms with Crippen LogP contribution >= 0.6 is 27.3 Å². The van der Waals surface area contributed by atoms with E-state index in [-0.39, 0.29) is 10.7 Å². The van der Waals surface area contributed by atoms with Gasteiger partial charge in [0.1, 0.15) is 21.6 Å². The molecule has 0 aliphatic heterocycles. The van der Waals surface area contributed by atoms with Gasteiger partial charge in [-0.3, -0.25) is 4.68 Å². The molecule has 1 unspecified atom stereocenters. The van der Waals surface area contributed by atoms with Crippen molar-refractivity contribution in [3.63, 3.8) is 0 Å². The van der Waals surface area contributed by atoms with Gasteiger partial charge in [-0.05, 0) is 48.3 Å². The third-order valence-electron chi connectivity index (χ3n) is 5.45. The topological polar surface area (TPSA) is 73.8 Å². The van der Waals surface area contributed by atoms with Crippen LogP contribution in [0.4, 0.5) is 13.2 Å². The number of halogens is 4. The second-order valence-corrected chi connectivity index (χ2v) is 9.62. The minimum atomic E-state index is -4.51. The lowest BCUT2D eigenvalue weighted by atomic mass is 10.1. The maximum Gasteiger partial charge on any atom is 0.433 e. The summed E-state index contributed by atoms with van der Waals surface area (Å²) in [6.07, 6.45) is -2.96. The number of pyridine rings is 1. The summed E-state index contributed by atoms with van der Waals surface area (Å²) < 4.78 is 44.8. The van der Waals surface area contributed by atoms with Crippen LogP contribution < -0.4 is 0 Å². The molecule has 0 N–H and O–H groups in total. The Kier molecular flexibility index (Phi) is 4.79. The number of nitrogens with zero attached hydrogens (tertiary/aromatic N) is 7. The van der Waals surface area contributed by atoms with Crippen molar-refractivity contribution in [1.29, 1.82) is 0 Å². The second kappa shape index (κ2) is 7.20. The predicted octanol–water partition coefficient (Wildman–Crippen LogP) is 5.59. The average molecular weight is 524 g/mol. The number of hydrogen-bond donors (Lipinski definition) is 0. The molecule has 7 nitrogen and oxygen atoms in total. The number of rotatable bonds is 3. The SMILES string of the molecule is Cc1nn(CC(C)c2nc3c4sc5nc(C(F)(F)F)cc(C)c5c4ncn3n2)c(C)c1Br. The Hall–Kier alpha value is -2.60. The molecule has 0 aromatic carbocycles. The monoisotopic (exact) mass is 523 g/mol. The predicted molar refractivity (Wildman–Crippen MR) is 119 cm³/mol. The molecule has 0 fully saturated rings. The molecular formula is C20H17BrF3N7S. The maximum absolute atomic E-state index is 13.2. The molecule has 5 heterocycles. The number of alkyl halides is 3. The highest BCUT2D eigenvalue weighted by Crippen LogP contribution is 2.38. The van der Waals surface area contributed by atoms with E-state index in [1.807, 2.05) is 25.5 Å². The van der Waals surface area contributed by atoms with Crippen LogP contribution in [-0.4, -0.2) is 34.3 Å². The molecular weight excluding hydrogens is 507 g/mol. The smallest absolute Gasteiger partial charge is 0.268 e. The molecule has 0 saturated carbocycles. The lowest BCUT2D eigenvalue weighted by Crippen LogP contribution is -2.10. The van der Waals surface area contributed by atoms with Gasteiger partial charge in [-0.15, -0.1) is 16.4 Å². The van der Waals surface area contributed by atoms with Crippen LogP contribution in [0.3, 0.4) is 0 Å². The fraction of sp³-hybridized carbons (Fsp3) is 0.350. The first kappa shape index (κ1) is 21.3. The van der Waals surface area contributed by atoms with Crippen LogP contribution in [0.5, 0.6) is 0 Å². The average Bonchev–Trinajstić information content (AvgIpc) is 3.38. The zero-order chi connectivity index (χ0) is 22.9. The Morgan fingerprint density at radius 2 is 1.91 bits per heavy atom. The van der Waals surface area contributed by atoms with Gasteiger partial charge in [0, 0.05) is 17.0 Å². The van der Waals surface area contributed by atoms with Gasteiger partial charge in [-0.2, -0.15) is 18.3 Å². The Balaban J connectivity index is 1.61. The summed E-state index contributed by atoms with van der Waals surface area (Å²) >= 11 is 4.69. The highest BCUT2D eigenvalue weighted by Gasteiger charge is 2.33. The molecule has 0 bridgehead atoms. The van der Waals surface area contributed by atoms with Crippen LogP contribution in [0.2, 0.25) is 0 Å². The summed E-state index contributed by atoms with van der Waals surface area (Å²) in [5.41, 5.74) is 2.65. The van der Waals surface area contributed by atoms with Gasteiger partial charge in [-0.1, -0.05) is 6.92 Å². The summed E-state index contributed by atoms with van der Waals surface area (Å²) in [4.78, 5) is 13.3. The second-order valence-electron chi connectivity index (χ2n) is 7.83. The van der Waals surface area contributed by atoms with Crippen LogP contribution in [0.1, 0.15) is 41.3 Å². The molecule has 0 spiro atoms. The van der Waals surface area contributed by atoms with Gasteiger partial charge in [0.15, 0.2) is 11.5 Å². The summed E-state index contributed by atoms with van der Waals surface area (Å²) in [7, 11) is 0. The first-order valence-corrected chi connectivity index (χ1v) is 11.4. The molecule has 0 saturated heterocycles. The van der Waals surface area contributed by atoms with E-state index >= 15 is 0 Å². The van der Waals surface area contributed by atoms with Gasteiger partial charge >= 0.3 is 6.18 Å². The van der Waals surface area contributed by atoms with E-state index in [1.165, 1.54) is 0 Å². The highest BCUT2D eigenvalue weighted by atomic mass is 79.9. The van der Waals surface area contributed by atoms with Crippen molar-refractivity contribution >= 4 is 53.3 Å². The van der Waals surface area contributed by atoms with Crippen molar-refractivity contribution < 1.29 is 13.2 Å². The minimum Gasteiger partial charge on any atom is -0.268 e. The first-order valence-electron chi connectivity index (χ1n) is 9.76. The Morgan fingerprint density at radius 3 is 2.56 bits per heavy atom. The van der Waals surface area contributed by atoms with Gasteiger partial charge < -0.3 is 0 Å². The molecule has 166 valence electrons. The molecule has 0 aliphatic carbocycles. The van der Waals surface area contributed by atoms with E-state index in [2.05, 4.69) is 36.1 Å². The van der Waals surface area contributed by atoms with Crippen molar-refractivity contribution in [2.24, 2.45) is 0 Å². The van der Waals surface area contributed by atoms with Crippen LogP contribution in [-0.2, 0) is 12.7 Å². The van der Waals surface area contributed by atoms with E-state index in [1.54, 1.807) is 17.8 Å². The van der Waals surface area contributed by atoms with Crippen LogP contribution in [0.25, 0.3) is 26.1 Å². The summed E-state index contributed by atoms with van der Waals surface area (Å²) in [6.45, 7) is 8.17. The fourth-order valence-electron chi connectivity index (χ4n) is 3.77. The van der Waals surface area contributed by atoms with Crippen molar-refractivity contribution in [3.05, 3.63) is 45.3 Å². The van der Waals surface area contributed by atoms with Gasteiger partial charge in [-0.25, -0.2) is 19.5 Å². The van der Waals surface area contributed by atoms with E-state index in [9.17, 15) is 13.2 Å². The largest absolute Gasteiger partial charge is 0.433 e. The number of aryl methyl sites for hydroxylation is 2. The summed E-state index contributed by atoms with van der Waals surface area (Å²) in [6, 6.07) is 1.06. The van der Waals surface area contributed by atoms with Crippen molar-refractivity contribution in [2.75, 3.05) is 0 Å². The third kappa shape index (κ3) is 3.27.